The number of rotatable bonds is 2. The molecule has 1 saturated heterocycles. The molecule has 2 aromatic rings. The van der Waals surface area contributed by atoms with Gasteiger partial charge in [0.15, 0.2) is 0 Å². The summed E-state index contributed by atoms with van der Waals surface area (Å²) < 4.78 is 1.75. The molecular formula is C14H18N6O. The van der Waals surface area contributed by atoms with E-state index in [9.17, 15) is 4.79 Å². The maximum absolute atomic E-state index is 12.4. The second-order valence-corrected chi connectivity index (χ2v) is 5.13. The topological polar surface area (TPSA) is 67.2 Å². The lowest BCUT2D eigenvalue weighted by molar-refractivity contribution is 0.0737. The summed E-state index contributed by atoms with van der Waals surface area (Å²) in [6.45, 7) is 4.81. The number of carbonyl (C=O) groups excluding carboxylic acids is 1. The van der Waals surface area contributed by atoms with Crippen LogP contribution in [0.2, 0.25) is 0 Å². The van der Waals surface area contributed by atoms with E-state index in [1.165, 1.54) is 0 Å². The molecule has 1 aliphatic heterocycles. The molecule has 1 aliphatic rings. The number of piperazine rings is 1. The largest absolute Gasteiger partial charge is 0.353 e. The molecule has 21 heavy (non-hydrogen) atoms. The predicted octanol–water partition coefficient (Wildman–Crippen LogP) is 0.481. The lowest BCUT2D eigenvalue weighted by atomic mass is 10.2. The van der Waals surface area contributed by atoms with Crippen molar-refractivity contribution >= 4 is 11.7 Å². The summed E-state index contributed by atoms with van der Waals surface area (Å²) in [7, 11) is 1.83. The van der Waals surface area contributed by atoms with Gasteiger partial charge in [-0.3, -0.25) is 4.79 Å². The van der Waals surface area contributed by atoms with Gasteiger partial charge in [0, 0.05) is 39.4 Å². The third-order valence-electron chi connectivity index (χ3n) is 3.69. The summed E-state index contributed by atoms with van der Waals surface area (Å²) in [5, 5.41) is 0. The highest BCUT2D eigenvalue weighted by Gasteiger charge is 2.24. The van der Waals surface area contributed by atoms with Gasteiger partial charge in [-0.2, -0.15) is 0 Å². The second kappa shape index (κ2) is 5.51. The second-order valence-electron chi connectivity index (χ2n) is 5.13. The van der Waals surface area contributed by atoms with Gasteiger partial charge in [-0.05, 0) is 13.0 Å². The molecule has 1 amide bonds. The molecule has 110 valence electrons. The Hall–Kier alpha value is -2.44. The zero-order valence-corrected chi connectivity index (χ0v) is 12.2. The van der Waals surface area contributed by atoms with E-state index in [1.807, 2.05) is 24.9 Å². The van der Waals surface area contributed by atoms with Gasteiger partial charge in [-0.25, -0.2) is 15.0 Å². The first-order valence-electron chi connectivity index (χ1n) is 6.95. The molecule has 0 radical (unpaired) electrons. The van der Waals surface area contributed by atoms with Crippen molar-refractivity contribution in [3.63, 3.8) is 0 Å². The molecule has 0 aliphatic carbocycles. The Balaban J connectivity index is 1.65. The van der Waals surface area contributed by atoms with Crippen LogP contribution in [0.1, 0.15) is 16.3 Å². The van der Waals surface area contributed by atoms with Crippen molar-refractivity contribution in [3.8, 4) is 0 Å². The van der Waals surface area contributed by atoms with Crippen molar-refractivity contribution in [2.45, 2.75) is 6.92 Å². The van der Waals surface area contributed by atoms with Gasteiger partial charge in [0.2, 0.25) is 0 Å². The predicted molar refractivity (Wildman–Crippen MR) is 78.1 cm³/mol. The van der Waals surface area contributed by atoms with Gasteiger partial charge >= 0.3 is 0 Å². The average molecular weight is 286 g/mol. The minimum absolute atomic E-state index is 0.0357. The van der Waals surface area contributed by atoms with E-state index in [4.69, 9.17) is 0 Å². The van der Waals surface area contributed by atoms with Crippen molar-refractivity contribution < 1.29 is 4.79 Å². The average Bonchev–Trinajstić information content (AvgIpc) is 2.93. The monoisotopic (exact) mass is 286 g/mol. The zero-order chi connectivity index (χ0) is 14.8. The Morgan fingerprint density at radius 2 is 2.00 bits per heavy atom. The van der Waals surface area contributed by atoms with E-state index in [0.717, 1.165) is 24.7 Å². The molecule has 0 bridgehead atoms. The van der Waals surface area contributed by atoms with Gasteiger partial charge in [0.1, 0.15) is 17.3 Å². The third-order valence-corrected chi connectivity index (χ3v) is 3.69. The van der Waals surface area contributed by atoms with Gasteiger partial charge in [-0.1, -0.05) is 0 Å². The van der Waals surface area contributed by atoms with E-state index < -0.39 is 0 Å². The normalized spacial score (nSPS) is 15.3. The van der Waals surface area contributed by atoms with Crippen LogP contribution in [0.5, 0.6) is 0 Å². The lowest BCUT2D eigenvalue weighted by Gasteiger charge is -2.35. The Morgan fingerprint density at radius 3 is 2.62 bits per heavy atom. The summed E-state index contributed by atoms with van der Waals surface area (Å²) in [6.07, 6.45) is 5.03. The number of aromatic nitrogens is 4. The Kier molecular flexibility index (Phi) is 3.55. The van der Waals surface area contributed by atoms with Crippen molar-refractivity contribution in [1.29, 1.82) is 0 Å². The van der Waals surface area contributed by atoms with E-state index in [-0.39, 0.29) is 5.91 Å². The highest BCUT2D eigenvalue weighted by atomic mass is 16.2. The quantitative estimate of drug-likeness (QED) is 0.803. The number of aryl methyl sites for hydroxylation is 2. The van der Waals surface area contributed by atoms with E-state index >= 15 is 0 Å². The van der Waals surface area contributed by atoms with E-state index in [2.05, 4.69) is 19.9 Å². The summed E-state index contributed by atoms with van der Waals surface area (Å²) in [4.78, 5) is 29.0. The first-order chi connectivity index (χ1) is 10.1. The molecule has 7 heteroatoms. The standard InChI is InChI=1S/C14H18N6O/c1-11-16-4-3-13(17-11)19-5-7-20(8-6-19)14(21)12-9-15-10-18(12)2/h3-4,9-10H,5-8H2,1-2H3. The Labute approximate surface area is 123 Å². The molecule has 7 nitrogen and oxygen atoms in total. The molecule has 2 aromatic heterocycles. The van der Waals surface area contributed by atoms with Crippen LogP contribution in [0.4, 0.5) is 5.82 Å². The molecule has 0 N–H and O–H groups in total. The molecule has 0 unspecified atom stereocenters. The maximum atomic E-state index is 12.4. The molecule has 0 atom stereocenters. The number of nitrogens with zero attached hydrogens (tertiary/aromatic N) is 6. The van der Waals surface area contributed by atoms with Crippen LogP contribution in [0.15, 0.2) is 24.8 Å². The first-order valence-corrected chi connectivity index (χ1v) is 6.95. The van der Waals surface area contributed by atoms with Crippen LogP contribution in [-0.4, -0.2) is 56.5 Å². The molecule has 3 rings (SSSR count). The fourth-order valence-corrected chi connectivity index (χ4v) is 2.48. The molecule has 0 spiro atoms. The van der Waals surface area contributed by atoms with Crippen LogP contribution in [-0.2, 0) is 7.05 Å². The molecule has 1 fully saturated rings. The fraction of sp³-hybridized carbons (Fsp3) is 0.429. The van der Waals surface area contributed by atoms with Crippen LogP contribution >= 0.6 is 0 Å². The van der Waals surface area contributed by atoms with Gasteiger partial charge < -0.3 is 14.4 Å². The number of amides is 1. The zero-order valence-electron chi connectivity index (χ0n) is 12.2. The Morgan fingerprint density at radius 1 is 1.24 bits per heavy atom. The van der Waals surface area contributed by atoms with Crippen molar-refractivity contribution in [2.75, 3.05) is 31.1 Å². The summed E-state index contributed by atoms with van der Waals surface area (Å²) in [5.74, 6) is 1.73. The first kappa shape index (κ1) is 13.5. The van der Waals surface area contributed by atoms with Crippen molar-refractivity contribution in [3.05, 3.63) is 36.3 Å². The van der Waals surface area contributed by atoms with Gasteiger partial charge in [0.25, 0.3) is 5.91 Å². The van der Waals surface area contributed by atoms with Crippen molar-refractivity contribution in [1.82, 2.24) is 24.4 Å². The number of hydrogen-bond acceptors (Lipinski definition) is 5. The van der Waals surface area contributed by atoms with Gasteiger partial charge in [-0.15, -0.1) is 0 Å². The molecule has 0 aromatic carbocycles. The van der Waals surface area contributed by atoms with Crippen LogP contribution in [0, 0.1) is 6.92 Å². The van der Waals surface area contributed by atoms with Crippen LogP contribution in [0.25, 0.3) is 0 Å². The molecule has 0 saturated carbocycles. The smallest absolute Gasteiger partial charge is 0.272 e. The Bertz CT molecular complexity index is 644. The van der Waals surface area contributed by atoms with Gasteiger partial charge in [0.05, 0.1) is 12.5 Å². The summed E-state index contributed by atoms with van der Waals surface area (Å²) >= 11 is 0. The SMILES string of the molecule is Cc1nccc(N2CCN(C(=O)c3cncn3C)CC2)n1. The highest BCUT2D eigenvalue weighted by molar-refractivity contribution is 5.92. The number of hydrogen-bond donors (Lipinski definition) is 0. The van der Waals surface area contributed by atoms with E-state index in [1.54, 1.807) is 23.3 Å². The van der Waals surface area contributed by atoms with E-state index in [0.29, 0.717) is 18.8 Å². The lowest BCUT2D eigenvalue weighted by Crippen LogP contribution is -2.49. The molecule has 3 heterocycles. The fourth-order valence-electron chi connectivity index (χ4n) is 2.48. The minimum atomic E-state index is 0.0357. The highest BCUT2D eigenvalue weighted by Crippen LogP contribution is 2.14. The third kappa shape index (κ3) is 2.72. The number of imidazole rings is 1. The van der Waals surface area contributed by atoms with Crippen molar-refractivity contribution in [2.24, 2.45) is 7.05 Å². The summed E-state index contributed by atoms with van der Waals surface area (Å²) in [6, 6.07) is 1.91. The van der Waals surface area contributed by atoms with Crippen LogP contribution < -0.4 is 4.90 Å². The molecular weight excluding hydrogens is 268 g/mol. The number of anilines is 1. The number of carbonyl (C=O) groups is 1. The van der Waals surface area contributed by atoms with Crippen LogP contribution in [0.3, 0.4) is 0 Å². The summed E-state index contributed by atoms with van der Waals surface area (Å²) in [5.41, 5.74) is 0.626. The maximum Gasteiger partial charge on any atom is 0.272 e. The minimum Gasteiger partial charge on any atom is -0.353 e.